The molecule has 1 aliphatic heterocycles. The summed E-state index contributed by atoms with van der Waals surface area (Å²) in [4.78, 5) is 12.3. The number of rotatable bonds is 3. The average molecular weight is 346 g/mol. The van der Waals surface area contributed by atoms with E-state index in [0.717, 1.165) is 52.6 Å². The third-order valence-electron chi connectivity index (χ3n) is 4.87. The molecule has 0 bridgehead atoms. The number of aromatic amines is 1. The lowest BCUT2D eigenvalue weighted by molar-refractivity contribution is -0.117. The summed E-state index contributed by atoms with van der Waals surface area (Å²) in [7, 11) is 0. The fraction of sp³-hybridized carbons (Fsp3) is 0.200. The molecule has 6 nitrogen and oxygen atoms in total. The predicted molar refractivity (Wildman–Crippen MR) is 101 cm³/mol. The standard InChI is InChI=1S/C20H18N4O2/c25-20(16-5-3-9-21-16)22-13-7-8-15-14(11-13)19(24-23-15)18-10-12-4-1-2-6-17(12)26-18/h1-2,4,6-8,10-11,16,21H,3,5,9H2,(H,22,25)(H,23,24)/t16-/m0/s1. The Balaban J connectivity index is 1.51. The summed E-state index contributed by atoms with van der Waals surface area (Å²) in [5.41, 5.74) is 3.23. The number of nitrogens with one attached hydrogen (secondary N) is 3. The highest BCUT2D eigenvalue weighted by molar-refractivity contribution is 6.00. The van der Waals surface area contributed by atoms with Gasteiger partial charge < -0.3 is 15.1 Å². The van der Waals surface area contributed by atoms with Crippen molar-refractivity contribution in [2.24, 2.45) is 0 Å². The lowest BCUT2D eigenvalue weighted by Gasteiger charge is -2.11. The van der Waals surface area contributed by atoms with Crippen LogP contribution in [-0.4, -0.2) is 28.7 Å². The van der Waals surface area contributed by atoms with Gasteiger partial charge in [-0.1, -0.05) is 18.2 Å². The molecule has 0 spiro atoms. The first kappa shape index (κ1) is 15.2. The predicted octanol–water partition coefficient (Wildman–Crippen LogP) is 3.67. The number of furan rings is 1. The van der Waals surface area contributed by atoms with Crippen molar-refractivity contribution >= 4 is 33.5 Å². The molecular weight excluding hydrogens is 328 g/mol. The number of carbonyl (C=O) groups excluding carboxylic acids is 1. The van der Waals surface area contributed by atoms with Crippen LogP contribution >= 0.6 is 0 Å². The molecule has 1 fully saturated rings. The Hall–Kier alpha value is -3.12. The summed E-state index contributed by atoms with van der Waals surface area (Å²) in [6.45, 7) is 0.898. The number of H-pyrrole nitrogens is 1. The first-order valence-electron chi connectivity index (χ1n) is 8.79. The van der Waals surface area contributed by atoms with Crippen LogP contribution < -0.4 is 10.6 Å². The molecular formula is C20H18N4O2. The lowest BCUT2D eigenvalue weighted by Crippen LogP contribution is -2.35. The van der Waals surface area contributed by atoms with Gasteiger partial charge in [-0.15, -0.1) is 0 Å². The van der Waals surface area contributed by atoms with Gasteiger partial charge in [0.05, 0.1) is 11.6 Å². The van der Waals surface area contributed by atoms with E-state index in [2.05, 4.69) is 20.8 Å². The lowest BCUT2D eigenvalue weighted by atomic mass is 10.1. The smallest absolute Gasteiger partial charge is 0.241 e. The van der Waals surface area contributed by atoms with E-state index in [0.29, 0.717) is 5.76 Å². The molecule has 3 heterocycles. The number of fused-ring (bicyclic) bond motifs is 2. The normalized spacial score (nSPS) is 17.2. The Morgan fingerprint density at radius 3 is 2.96 bits per heavy atom. The molecule has 2 aromatic heterocycles. The molecule has 6 heteroatoms. The second kappa shape index (κ2) is 6.00. The molecule has 0 radical (unpaired) electrons. The van der Waals surface area contributed by atoms with Gasteiger partial charge in [0.2, 0.25) is 5.91 Å². The number of anilines is 1. The number of nitrogens with zero attached hydrogens (tertiary/aromatic N) is 1. The number of para-hydroxylation sites is 1. The third kappa shape index (κ3) is 2.55. The van der Waals surface area contributed by atoms with Gasteiger partial charge in [0.1, 0.15) is 11.3 Å². The zero-order chi connectivity index (χ0) is 17.5. The van der Waals surface area contributed by atoms with Crippen molar-refractivity contribution in [3.05, 3.63) is 48.5 Å². The summed E-state index contributed by atoms with van der Waals surface area (Å²) in [6, 6.07) is 15.5. The highest BCUT2D eigenvalue weighted by atomic mass is 16.3. The zero-order valence-corrected chi connectivity index (χ0v) is 14.1. The summed E-state index contributed by atoms with van der Waals surface area (Å²) in [6.07, 6.45) is 1.92. The Morgan fingerprint density at radius 2 is 2.12 bits per heavy atom. The Kier molecular flexibility index (Phi) is 3.50. The highest BCUT2D eigenvalue weighted by Gasteiger charge is 2.22. The summed E-state index contributed by atoms with van der Waals surface area (Å²) in [5, 5.41) is 15.6. The van der Waals surface area contributed by atoms with E-state index in [1.54, 1.807) is 0 Å². The van der Waals surface area contributed by atoms with E-state index < -0.39 is 0 Å². The van der Waals surface area contributed by atoms with Crippen LogP contribution in [0.2, 0.25) is 0 Å². The first-order chi connectivity index (χ1) is 12.8. The van der Waals surface area contributed by atoms with Gasteiger partial charge in [-0.2, -0.15) is 5.10 Å². The third-order valence-corrected chi connectivity index (χ3v) is 4.87. The Bertz CT molecular complexity index is 1070. The zero-order valence-electron chi connectivity index (χ0n) is 14.1. The van der Waals surface area contributed by atoms with E-state index in [4.69, 9.17) is 4.42 Å². The molecule has 4 aromatic rings. The SMILES string of the molecule is O=C(Nc1ccc2[nH]nc(-c3cc4ccccc4o3)c2c1)[C@@H]1CCCN1. The molecule has 0 saturated carbocycles. The molecule has 130 valence electrons. The minimum atomic E-state index is -0.107. The second-order valence-corrected chi connectivity index (χ2v) is 6.62. The number of carbonyl (C=O) groups is 1. The van der Waals surface area contributed by atoms with Gasteiger partial charge in [-0.05, 0) is 49.7 Å². The summed E-state index contributed by atoms with van der Waals surface area (Å²) >= 11 is 0. The molecule has 0 aliphatic carbocycles. The Labute approximate surface area is 149 Å². The van der Waals surface area contributed by atoms with Gasteiger partial charge in [0, 0.05) is 16.5 Å². The van der Waals surface area contributed by atoms with E-state index in [-0.39, 0.29) is 11.9 Å². The van der Waals surface area contributed by atoms with Gasteiger partial charge >= 0.3 is 0 Å². The van der Waals surface area contributed by atoms with Crippen LogP contribution in [0.1, 0.15) is 12.8 Å². The van der Waals surface area contributed by atoms with Crippen LogP contribution in [0.25, 0.3) is 33.3 Å². The first-order valence-corrected chi connectivity index (χ1v) is 8.79. The molecule has 1 amide bonds. The van der Waals surface area contributed by atoms with Crippen LogP contribution in [0, 0.1) is 0 Å². The average Bonchev–Trinajstić information content (AvgIpc) is 3.39. The molecule has 1 atom stereocenters. The maximum atomic E-state index is 12.3. The number of hydrogen-bond donors (Lipinski definition) is 3. The quantitative estimate of drug-likeness (QED) is 0.529. The van der Waals surface area contributed by atoms with Crippen LogP contribution in [0.5, 0.6) is 0 Å². The summed E-state index contributed by atoms with van der Waals surface area (Å²) in [5.74, 6) is 0.717. The van der Waals surface area contributed by atoms with Crippen molar-refractivity contribution in [3.8, 4) is 11.5 Å². The number of aromatic nitrogens is 2. The number of benzene rings is 2. The van der Waals surface area contributed by atoms with Crippen molar-refractivity contribution in [1.82, 2.24) is 15.5 Å². The van der Waals surface area contributed by atoms with Gasteiger partial charge in [-0.25, -0.2) is 0 Å². The topological polar surface area (TPSA) is 83.0 Å². The van der Waals surface area contributed by atoms with E-state index in [1.165, 1.54) is 0 Å². The minimum absolute atomic E-state index is 0.00984. The largest absolute Gasteiger partial charge is 0.454 e. The monoisotopic (exact) mass is 346 g/mol. The molecule has 1 aliphatic rings. The highest BCUT2D eigenvalue weighted by Crippen LogP contribution is 2.32. The van der Waals surface area contributed by atoms with Crippen molar-refractivity contribution < 1.29 is 9.21 Å². The minimum Gasteiger partial charge on any atom is -0.454 e. The number of amides is 1. The van der Waals surface area contributed by atoms with E-state index in [9.17, 15) is 4.79 Å². The summed E-state index contributed by atoms with van der Waals surface area (Å²) < 4.78 is 5.94. The molecule has 2 aromatic carbocycles. The molecule has 5 rings (SSSR count). The van der Waals surface area contributed by atoms with Crippen LogP contribution in [0.4, 0.5) is 5.69 Å². The van der Waals surface area contributed by atoms with Gasteiger partial charge in [0.25, 0.3) is 0 Å². The fourth-order valence-electron chi connectivity index (χ4n) is 3.52. The molecule has 3 N–H and O–H groups in total. The fourth-order valence-corrected chi connectivity index (χ4v) is 3.52. The molecule has 1 saturated heterocycles. The second-order valence-electron chi connectivity index (χ2n) is 6.62. The van der Waals surface area contributed by atoms with Crippen molar-refractivity contribution in [2.45, 2.75) is 18.9 Å². The van der Waals surface area contributed by atoms with Crippen molar-refractivity contribution in [3.63, 3.8) is 0 Å². The van der Waals surface area contributed by atoms with E-state index in [1.807, 2.05) is 48.5 Å². The maximum Gasteiger partial charge on any atom is 0.241 e. The van der Waals surface area contributed by atoms with Crippen molar-refractivity contribution in [2.75, 3.05) is 11.9 Å². The molecule has 26 heavy (non-hydrogen) atoms. The van der Waals surface area contributed by atoms with Gasteiger partial charge in [0.15, 0.2) is 5.76 Å². The van der Waals surface area contributed by atoms with Crippen molar-refractivity contribution in [1.29, 1.82) is 0 Å². The van der Waals surface area contributed by atoms with Crippen LogP contribution in [0.3, 0.4) is 0 Å². The number of hydrogen-bond acceptors (Lipinski definition) is 4. The van der Waals surface area contributed by atoms with Gasteiger partial charge in [-0.3, -0.25) is 9.89 Å². The maximum absolute atomic E-state index is 12.3. The Morgan fingerprint density at radius 1 is 1.19 bits per heavy atom. The molecule has 0 unspecified atom stereocenters. The van der Waals surface area contributed by atoms with Crippen LogP contribution in [-0.2, 0) is 4.79 Å². The van der Waals surface area contributed by atoms with Crippen LogP contribution in [0.15, 0.2) is 52.9 Å². The van der Waals surface area contributed by atoms with E-state index >= 15 is 0 Å².